The summed E-state index contributed by atoms with van der Waals surface area (Å²) in [7, 11) is 1.88. The van der Waals surface area contributed by atoms with Gasteiger partial charge in [0.2, 0.25) is 0 Å². The number of rotatable bonds is 3. The highest BCUT2D eigenvalue weighted by Crippen LogP contribution is 2.38. The average Bonchev–Trinajstić information content (AvgIpc) is 2.41. The van der Waals surface area contributed by atoms with Crippen molar-refractivity contribution < 1.29 is 4.39 Å². The third-order valence-corrected chi connectivity index (χ3v) is 6.02. The highest BCUT2D eigenvalue weighted by molar-refractivity contribution is 9.10. The zero-order valence-electron chi connectivity index (χ0n) is 10.2. The summed E-state index contributed by atoms with van der Waals surface area (Å²) in [4.78, 5) is 0. The van der Waals surface area contributed by atoms with Crippen molar-refractivity contribution in [2.24, 2.45) is 0 Å². The maximum atomic E-state index is 14.2. The minimum absolute atomic E-state index is 0.0286. The first kappa shape index (κ1) is 14.6. The van der Waals surface area contributed by atoms with E-state index >= 15 is 0 Å². The maximum Gasteiger partial charge on any atom is 0.147 e. The Morgan fingerprint density at radius 2 is 2.28 bits per heavy atom. The quantitative estimate of drug-likeness (QED) is 0.785. The van der Waals surface area contributed by atoms with Crippen LogP contribution in [0.25, 0.3) is 0 Å². The van der Waals surface area contributed by atoms with E-state index < -0.39 is 0 Å². The molecule has 2 atom stereocenters. The second-order valence-corrected chi connectivity index (χ2v) is 7.02. The number of thioether (sulfide) groups is 1. The lowest BCUT2D eigenvalue weighted by Gasteiger charge is -2.30. The third-order valence-electron chi connectivity index (χ3n) is 3.30. The van der Waals surface area contributed by atoms with Crippen LogP contribution < -0.4 is 5.32 Å². The molecule has 0 saturated carbocycles. The van der Waals surface area contributed by atoms with E-state index in [0.29, 0.717) is 15.3 Å². The van der Waals surface area contributed by atoms with Gasteiger partial charge in [-0.3, -0.25) is 0 Å². The van der Waals surface area contributed by atoms with E-state index in [4.69, 9.17) is 11.6 Å². The minimum atomic E-state index is -0.309. The summed E-state index contributed by atoms with van der Waals surface area (Å²) in [5.41, 5.74) is 0.671. The van der Waals surface area contributed by atoms with Crippen LogP contribution in [-0.2, 0) is 0 Å². The van der Waals surface area contributed by atoms with Crippen LogP contribution in [0.2, 0.25) is 5.02 Å². The van der Waals surface area contributed by atoms with Gasteiger partial charge in [0.25, 0.3) is 0 Å². The molecule has 0 aromatic heterocycles. The minimum Gasteiger partial charge on any atom is -0.312 e. The van der Waals surface area contributed by atoms with Crippen molar-refractivity contribution >= 4 is 39.3 Å². The Hall–Kier alpha value is 0.230. The van der Waals surface area contributed by atoms with Crippen molar-refractivity contribution in [1.82, 2.24) is 5.32 Å². The van der Waals surface area contributed by atoms with Gasteiger partial charge in [-0.15, -0.1) is 0 Å². The van der Waals surface area contributed by atoms with Crippen molar-refractivity contribution in [3.8, 4) is 0 Å². The normalized spacial score (nSPS) is 21.9. The summed E-state index contributed by atoms with van der Waals surface area (Å²) in [5, 5.41) is 3.84. The molecular formula is C13H16BrClFNS. The molecule has 0 radical (unpaired) electrons. The van der Waals surface area contributed by atoms with Crippen LogP contribution in [0.15, 0.2) is 16.6 Å². The van der Waals surface area contributed by atoms with Crippen LogP contribution in [0.1, 0.15) is 30.9 Å². The Morgan fingerprint density at radius 1 is 1.50 bits per heavy atom. The summed E-state index contributed by atoms with van der Waals surface area (Å²) in [6.45, 7) is 0. The zero-order valence-corrected chi connectivity index (χ0v) is 13.3. The Kier molecular flexibility index (Phi) is 5.36. The first-order valence-electron chi connectivity index (χ1n) is 6.07. The molecule has 18 heavy (non-hydrogen) atoms. The number of hydrogen-bond donors (Lipinski definition) is 1. The van der Waals surface area contributed by atoms with E-state index in [9.17, 15) is 4.39 Å². The van der Waals surface area contributed by atoms with Gasteiger partial charge in [0.05, 0.1) is 5.02 Å². The molecule has 100 valence electrons. The van der Waals surface area contributed by atoms with E-state index in [1.54, 1.807) is 0 Å². The number of hydrogen-bond acceptors (Lipinski definition) is 2. The fraction of sp³-hybridized carbons (Fsp3) is 0.538. The highest BCUT2D eigenvalue weighted by atomic mass is 79.9. The zero-order chi connectivity index (χ0) is 13.1. The summed E-state index contributed by atoms with van der Waals surface area (Å²) >= 11 is 11.1. The molecule has 2 unspecified atom stereocenters. The highest BCUT2D eigenvalue weighted by Gasteiger charge is 2.27. The van der Waals surface area contributed by atoms with Crippen molar-refractivity contribution in [2.45, 2.75) is 30.6 Å². The van der Waals surface area contributed by atoms with Gasteiger partial charge in [-0.05, 0) is 47.6 Å². The first-order chi connectivity index (χ1) is 8.65. The van der Waals surface area contributed by atoms with Crippen molar-refractivity contribution in [2.75, 3.05) is 12.8 Å². The van der Waals surface area contributed by atoms with Gasteiger partial charge in [0, 0.05) is 21.3 Å². The van der Waals surface area contributed by atoms with E-state index in [1.165, 1.54) is 12.8 Å². The van der Waals surface area contributed by atoms with Gasteiger partial charge < -0.3 is 5.32 Å². The lowest BCUT2D eigenvalue weighted by molar-refractivity contribution is 0.489. The molecule has 0 amide bonds. The topological polar surface area (TPSA) is 12.0 Å². The predicted octanol–water partition coefficient (Wildman–Crippen LogP) is 4.79. The standard InChI is InChI=1S/C13H16BrClFNS/c1-17-13(10-4-2-3-7-18-10)8-5-6-9(14)11(15)12(8)16/h5-6,10,13,17H,2-4,7H2,1H3. The lowest BCUT2D eigenvalue weighted by Crippen LogP contribution is -2.30. The molecule has 0 spiro atoms. The predicted molar refractivity (Wildman–Crippen MR) is 81.0 cm³/mol. The van der Waals surface area contributed by atoms with Gasteiger partial charge >= 0.3 is 0 Å². The van der Waals surface area contributed by atoms with Crippen molar-refractivity contribution in [3.63, 3.8) is 0 Å². The number of benzene rings is 1. The maximum absolute atomic E-state index is 14.2. The van der Waals surface area contributed by atoms with E-state index in [-0.39, 0.29) is 16.9 Å². The molecule has 1 nitrogen and oxygen atoms in total. The molecule has 1 fully saturated rings. The summed E-state index contributed by atoms with van der Waals surface area (Å²) in [5.74, 6) is 0.853. The van der Waals surface area contributed by atoms with Gasteiger partial charge in [-0.25, -0.2) is 4.39 Å². The van der Waals surface area contributed by atoms with Crippen LogP contribution >= 0.6 is 39.3 Å². The Bertz CT molecular complexity index is 424. The molecule has 1 aliphatic rings. The lowest BCUT2D eigenvalue weighted by atomic mass is 9.99. The molecular weight excluding hydrogens is 337 g/mol. The molecule has 5 heteroatoms. The molecule has 1 aromatic rings. The average molecular weight is 353 g/mol. The number of nitrogens with one attached hydrogen (secondary N) is 1. The largest absolute Gasteiger partial charge is 0.312 e. The summed E-state index contributed by atoms with van der Waals surface area (Å²) in [6, 6.07) is 3.67. The molecule has 0 aliphatic carbocycles. The summed E-state index contributed by atoms with van der Waals surface area (Å²) < 4.78 is 14.9. The van der Waals surface area contributed by atoms with Crippen molar-refractivity contribution in [3.05, 3.63) is 33.0 Å². The fourth-order valence-corrected chi connectivity index (χ4v) is 4.31. The van der Waals surface area contributed by atoms with Gasteiger partial charge in [0.1, 0.15) is 5.82 Å². The Morgan fingerprint density at radius 3 is 2.89 bits per heavy atom. The Balaban J connectivity index is 2.29. The van der Waals surface area contributed by atoms with E-state index in [2.05, 4.69) is 21.2 Å². The molecule has 1 aromatic carbocycles. The molecule has 1 heterocycles. The van der Waals surface area contributed by atoms with Crippen LogP contribution in [-0.4, -0.2) is 18.1 Å². The third kappa shape index (κ3) is 3.03. The van der Waals surface area contributed by atoms with E-state index in [0.717, 1.165) is 12.2 Å². The molecule has 1 aliphatic heterocycles. The second-order valence-electron chi connectivity index (χ2n) is 4.44. The number of halogens is 3. The second kappa shape index (κ2) is 6.60. The van der Waals surface area contributed by atoms with Crippen LogP contribution in [0.5, 0.6) is 0 Å². The fourth-order valence-electron chi connectivity index (χ4n) is 2.35. The van der Waals surface area contributed by atoms with Crippen LogP contribution in [0, 0.1) is 5.82 Å². The molecule has 1 N–H and O–H groups in total. The first-order valence-corrected chi connectivity index (χ1v) is 8.29. The Labute approximate surface area is 125 Å². The van der Waals surface area contributed by atoms with Gasteiger partial charge in [-0.1, -0.05) is 24.1 Å². The van der Waals surface area contributed by atoms with Crippen LogP contribution in [0.3, 0.4) is 0 Å². The SMILES string of the molecule is CNC(c1ccc(Br)c(Cl)c1F)C1CCCCS1. The van der Waals surface area contributed by atoms with Gasteiger partial charge in [-0.2, -0.15) is 11.8 Å². The van der Waals surface area contributed by atoms with Crippen molar-refractivity contribution in [1.29, 1.82) is 0 Å². The van der Waals surface area contributed by atoms with Crippen LogP contribution in [0.4, 0.5) is 4.39 Å². The molecule has 2 rings (SSSR count). The van der Waals surface area contributed by atoms with E-state index in [1.807, 2.05) is 30.9 Å². The summed E-state index contributed by atoms with van der Waals surface area (Å²) in [6.07, 6.45) is 3.62. The van der Waals surface area contributed by atoms with Gasteiger partial charge in [0.15, 0.2) is 0 Å². The molecule has 0 bridgehead atoms. The molecule has 1 saturated heterocycles. The smallest absolute Gasteiger partial charge is 0.147 e. The monoisotopic (exact) mass is 351 g/mol.